The fourth-order valence-electron chi connectivity index (χ4n) is 2.29. The van der Waals surface area contributed by atoms with Gasteiger partial charge in [0.15, 0.2) is 0 Å². The van der Waals surface area contributed by atoms with Gasteiger partial charge in [0.05, 0.1) is 5.69 Å². The SMILES string of the molecule is CCC1C(=O)NCCN1S(=O)(=O)c1c(N)cccc1F. The zero-order valence-corrected chi connectivity index (χ0v) is 11.8. The predicted octanol–water partition coefficient (Wildman–Crippen LogP) is 0.307. The summed E-state index contributed by atoms with van der Waals surface area (Å²) in [6.07, 6.45) is 0.305. The Bertz CT molecular complexity index is 613. The van der Waals surface area contributed by atoms with Crippen molar-refractivity contribution in [1.82, 2.24) is 9.62 Å². The van der Waals surface area contributed by atoms with Gasteiger partial charge in [-0.2, -0.15) is 4.31 Å². The summed E-state index contributed by atoms with van der Waals surface area (Å²) in [7, 11) is -4.15. The van der Waals surface area contributed by atoms with Crippen LogP contribution in [0, 0.1) is 5.82 Å². The third kappa shape index (κ3) is 2.36. The normalized spacial score (nSPS) is 20.7. The quantitative estimate of drug-likeness (QED) is 0.786. The lowest BCUT2D eigenvalue weighted by molar-refractivity contribution is -0.126. The second-order valence-electron chi connectivity index (χ2n) is 4.49. The lowest BCUT2D eigenvalue weighted by Crippen LogP contribution is -2.56. The van der Waals surface area contributed by atoms with Gasteiger partial charge in [-0.3, -0.25) is 4.79 Å². The van der Waals surface area contributed by atoms with Crippen molar-refractivity contribution < 1.29 is 17.6 Å². The molecule has 1 amide bonds. The van der Waals surface area contributed by atoms with Gasteiger partial charge in [-0.05, 0) is 18.6 Å². The van der Waals surface area contributed by atoms with Crippen LogP contribution < -0.4 is 11.1 Å². The van der Waals surface area contributed by atoms with Crippen molar-refractivity contribution in [2.24, 2.45) is 0 Å². The maximum Gasteiger partial charge on any atom is 0.248 e. The number of nitrogens with two attached hydrogens (primary N) is 1. The molecule has 3 N–H and O–H groups in total. The average Bonchev–Trinajstić information content (AvgIpc) is 2.37. The molecule has 1 atom stereocenters. The molecule has 0 bridgehead atoms. The van der Waals surface area contributed by atoms with E-state index in [0.29, 0.717) is 6.42 Å². The Kier molecular flexibility index (Phi) is 3.96. The minimum atomic E-state index is -4.15. The van der Waals surface area contributed by atoms with Crippen molar-refractivity contribution >= 4 is 21.6 Å². The third-order valence-corrected chi connectivity index (χ3v) is 5.23. The number of hydrogen-bond donors (Lipinski definition) is 2. The van der Waals surface area contributed by atoms with E-state index in [1.807, 2.05) is 0 Å². The molecule has 1 fully saturated rings. The molecule has 1 unspecified atom stereocenters. The smallest absolute Gasteiger partial charge is 0.248 e. The summed E-state index contributed by atoms with van der Waals surface area (Å²) < 4.78 is 40.0. The molecule has 6 nitrogen and oxygen atoms in total. The Morgan fingerprint density at radius 3 is 2.80 bits per heavy atom. The molecule has 20 heavy (non-hydrogen) atoms. The zero-order valence-electron chi connectivity index (χ0n) is 11.0. The van der Waals surface area contributed by atoms with E-state index < -0.39 is 26.8 Å². The Labute approximate surface area is 116 Å². The second kappa shape index (κ2) is 5.37. The number of benzene rings is 1. The fraction of sp³-hybridized carbons (Fsp3) is 0.417. The molecule has 1 heterocycles. The molecule has 2 rings (SSSR count). The molecular formula is C12H16FN3O3S. The number of rotatable bonds is 3. The first-order chi connectivity index (χ1) is 9.39. The summed E-state index contributed by atoms with van der Waals surface area (Å²) in [6, 6.07) is 2.85. The Morgan fingerprint density at radius 2 is 2.20 bits per heavy atom. The van der Waals surface area contributed by atoms with Gasteiger partial charge in [-0.15, -0.1) is 0 Å². The molecule has 0 spiro atoms. The Morgan fingerprint density at radius 1 is 1.50 bits per heavy atom. The van der Waals surface area contributed by atoms with Crippen LogP contribution in [0.15, 0.2) is 23.1 Å². The van der Waals surface area contributed by atoms with Crippen LogP contribution in [0.25, 0.3) is 0 Å². The van der Waals surface area contributed by atoms with Crippen molar-refractivity contribution in [3.63, 3.8) is 0 Å². The minimum absolute atomic E-state index is 0.0976. The van der Waals surface area contributed by atoms with Gasteiger partial charge < -0.3 is 11.1 Å². The van der Waals surface area contributed by atoms with Crippen molar-refractivity contribution in [1.29, 1.82) is 0 Å². The largest absolute Gasteiger partial charge is 0.398 e. The number of piperazine rings is 1. The van der Waals surface area contributed by atoms with E-state index in [4.69, 9.17) is 5.73 Å². The van der Waals surface area contributed by atoms with Crippen molar-refractivity contribution in [3.8, 4) is 0 Å². The molecular weight excluding hydrogens is 285 g/mol. The van der Waals surface area contributed by atoms with E-state index >= 15 is 0 Å². The van der Waals surface area contributed by atoms with Crippen molar-refractivity contribution in [2.75, 3.05) is 18.8 Å². The molecule has 8 heteroatoms. The maximum atomic E-state index is 13.8. The van der Waals surface area contributed by atoms with Gasteiger partial charge in [0, 0.05) is 13.1 Å². The number of amides is 1. The minimum Gasteiger partial charge on any atom is -0.398 e. The lowest BCUT2D eigenvalue weighted by Gasteiger charge is -2.33. The van der Waals surface area contributed by atoms with Crippen LogP contribution in [0.5, 0.6) is 0 Å². The summed E-state index contributed by atoms with van der Waals surface area (Å²) in [4.78, 5) is 11.2. The summed E-state index contributed by atoms with van der Waals surface area (Å²) >= 11 is 0. The summed E-state index contributed by atoms with van der Waals surface area (Å²) in [5, 5.41) is 2.60. The topological polar surface area (TPSA) is 92.5 Å². The van der Waals surface area contributed by atoms with Gasteiger partial charge in [-0.25, -0.2) is 12.8 Å². The number of sulfonamides is 1. The highest BCUT2D eigenvalue weighted by Crippen LogP contribution is 2.28. The first-order valence-electron chi connectivity index (χ1n) is 6.23. The van der Waals surface area contributed by atoms with Crippen molar-refractivity contribution in [3.05, 3.63) is 24.0 Å². The second-order valence-corrected chi connectivity index (χ2v) is 6.32. The highest BCUT2D eigenvalue weighted by Gasteiger charge is 2.39. The number of carbonyl (C=O) groups excluding carboxylic acids is 1. The molecule has 0 saturated carbocycles. The standard InChI is InChI=1S/C12H16FN3O3S/c1-2-10-12(17)15-6-7-16(10)20(18,19)11-8(13)4-3-5-9(11)14/h3-5,10H,2,6-7,14H2,1H3,(H,15,17). The van der Waals surface area contributed by atoms with Crippen LogP contribution >= 0.6 is 0 Å². The molecule has 0 aliphatic carbocycles. The highest BCUT2D eigenvalue weighted by atomic mass is 32.2. The first kappa shape index (κ1) is 14.7. The van der Waals surface area contributed by atoms with E-state index in [1.54, 1.807) is 6.92 Å². The summed E-state index contributed by atoms with van der Waals surface area (Å²) in [5.74, 6) is -1.29. The maximum absolute atomic E-state index is 13.8. The highest BCUT2D eigenvalue weighted by molar-refractivity contribution is 7.89. The van der Waals surface area contributed by atoms with E-state index in [2.05, 4.69) is 5.32 Å². The molecule has 1 aromatic carbocycles. The number of nitrogen functional groups attached to an aromatic ring is 1. The van der Waals surface area contributed by atoms with Gasteiger partial charge in [0.25, 0.3) is 0 Å². The molecule has 0 radical (unpaired) electrons. The monoisotopic (exact) mass is 301 g/mol. The number of nitrogens with one attached hydrogen (secondary N) is 1. The number of halogens is 1. The lowest BCUT2D eigenvalue weighted by atomic mass is 10.2. The molecule has 0 aromatic heterocycles. The zero-order chi connectivity index (χ0) is 14.9. The average molecular weight is 301 g/mol. The van der Waals surface area contributed by atoms with Gasteiger partial charge in [-0.1, -0.05) is 13.0 Å². The summed E-state index contributed by atoms with van der Waals surface area (Å²) in [6.45, 7) is 1.99. The molecule has 1 saturated heterocycles. The van der Waals surface area contributed by atoms with Gasteiger partial charge >= 0.3 is 0 Å². The van der Waals surface area contributed by atoms with Crippen LogP contribution in [-0.4, -0.2) is 37.8 Å². The van der Waals surface area contributed by atoms with Crippen LogP contribution in [0.4, 0.5) is 10.1 Å². The number of anilines is 1. The van der Waals surface area contributed by atoms with Crippen LogP contribution in [0.2, 0.25) is 0 Å². The van der Waals surface area contributed by atoms with E-state index in [9.17, 15) is 17.6 Å². The number of hydrogen-bond acceptors (Lipinski definition) is 4. The molecule has 1 aromatic rings. The van der Waals surface area contributed by atoms with Gasteiger partial charge in [0.2, 0.25) is 15.9 Å². The fourth-order valence-corrected chi connectivity index (χ4v) is 4.11. The third-order valence-electron chi connectivity index (χ3n) is 3.23. The number of nitrogens with zero attached hydrogens (tertiary/aromatic N) is 1. The molecule has 110 valence electrons. The van der Waals surface area contributed by atoms with Crippen LogP contribution in [0.3, 0.4) is 0 Å². The molecule has 1 aliphatic rings. The van der Waals surface area contributed by atoms with E-state index in [0.717, 1.165) is 10.4 Å². The Balaban J connectivity index is 2.51. The molecule has 1 aliphatic heterocycles. The van der Waals surface area contributed by atoms with Crippen molar-refractivity contribution in [2.45, 2.75) is 24.3 Å². The van der Waals surface area contributed by atoms with E-state index in [1.165, 1.54) is 12.1 Å². The first-order valence-corrected chi connectivity index (χ1v) is 7.67. The summed E-state index contributed by atoms with van der Waals surface area (Å²) in [5.41, 5.74) is 5.43. The van der Waals surface area contributed by atoms with Gasteiger partial charge in [0.1, 0.15) is 16.8 Å². The van der Waals surface area contributed by atoms with E-state index in [-0.39, 0.29) is 24.7 Å². The predicted molar refractivity (Wildman–Crippen MR) is 71.8 cm³/mol. The van der Waals surface area contributed by atoms with Crippen LogP contribution in [0.1, 0.15) is 13.3 Å². The Hall–Kier alpha value is -1.67. The number of carbonyl (C=O) groups is 1. The van der Waals surface area contributed by atoms with Crippen LogP contribution in [-0.2, 0) is 14.8 Å².